The molecule has 5 nitrogen and oxygen atoms in total. The average molecular weight is 361 g/mol. The third kappa shape index (κ3) is 14.7. The van der Waals surface area contributed by atoms with Crippen molar-refractivity contribution in [1.29, 1.82) is 0 Å². The zero-order chi connectivity index (χ0) is 18.3. The molecule has 0 aromatic carbocycles. The summed E-state index contributed by atoms with van der Waals surface area (Å²) in [5, 5.41) is 9.46. The highest BCUT2D eigenvalue weighted by Crippen LogP contribution is 2.17. The van der Waals surface area contributed by atoms with Crippen LogP contribution in [0.5, 0.6) is 0 Å². The van der Waals surface area contributed by atoms with Crippen molar-refractivity contribution in [2.24, 2.45) is 0 Å². The van der Waals surface area contributed by atoms with Crippen LogP contribution in [0.1, 0.15) is 90.4 Å². The van der Waals surface area contributed by atoms with Crippen LogP contribution in [0.2, 0.25) is 0 Å². The molecule has 6 heteroatoms. The van der Waals surface area contributed by atoms with Gasteiger partial charge in [0, 0.05) is 11.2 Å². The molecule has 142 valence electrons. The summed E-state index contributed by atoms with van der Waals surface area (Å²) in [4.78, 5) is 10.3. The molecule has 0 radical (unpaired) electrons. The van der Waals surface area contributed by atoms with Crippen LogP contribution in [0.15, 0.2) is 12.2 Å². The maximum atomic E-state index is 11.3. The van der Waals surface area contributed by atoms with Gasteiger partial charge in [-0.1, -0.05) is 57.6 Å². The van der Waals surface area contributed by atoms with Crippen molar-refractivity contribution in [2.45, 2.75) is 95.6 Å². The summed E-state index contributed by atoms with van der Waals surface area (Å²) in [6.45, 7) is 2.15. The molecule has 1 unspecified atom stereocenters. The number of carboxylic acids is 1. The zero-order valence-corrected chi connectivity index (χ0v) is 15.7. The van der Waals surface area contributed by atoms with Gasteiger partial charge in [0.25, 0.3) is 0 Å². The van der Waals surface area contributed by atoms with E-state index in [4.69, 9.17) is 0 Å². The summed E-state index contributed by atoms with van der Waals surface area (Å²) in [6, 6.07) is 0. The summed E-state index contributed by atoms with van der Waals surface area (Å²) < 4.78 is 34.0. The van der Waals surface area contributed by atoms with E-state index >= 15 is 0 Å². The Hall–Kier alpha value is -0.880. The van der Waals surface area contributed by atoms with Crippen LogP contribution in [-0.4, -0.2) is 24.2 Å². The van der Waals surface area contributed by atoms with Gasteiger partial charge >= 0.3 is 0 Å². The number of rotatable bonds is 16. The summed E-state index contributed by atoms with van der Waals surface area (Å²) in [6.07, 6.45) is 13.8. The second-order valence-electron chi connectivity index (χ2n) is 6.34. The van der Waals surface area contributed by atoms with Crippen LogP contribution in [0, 0.1) is 0 Å². The quantitative estimate of drug-likeness (QED) is 0.239. The maximum absolute atomic E-state index is 11.3. The van der Waals surface area contributed by atoms with Gasteiger partial charge in [-0.2, -0.15) is 0 Å². The molecule has 0 fully saturated rings. The Morgan fingerprint density at radius 1 is 0.917 bits per heavy atom. The molecule has 0 amide bonds. The molecule has 1 atom stereocenters. The fourth-order valence-electron chi connectivity index (χ4n) is 2.63. The van der Waals surface area contributed by atoms with Crippen molar-refractivity contribution in [3.63, 3.8) is 0 Å². The van der Waals surface area contributed by atoms with Crippen LogP contribution < -0.4 is 5.11 Å². The van der Waals surface area contributed by atoms with E-state index < -0.39 is 21.3 Å². The normalized spacial score (nSPS) is 13.4. The van der Waals surface area contributed by atoms with Crippen molar-refractivity contribution in [3.05, 3.63) is 12.2 Å². The van der Waals surface area contributed by atoms with E-state index in [2.05, 4.69) is 13.0 Å². The highest BCUT2D eigenvalue weighted by molar-refractivity contribution is 7.86. The first-order valence-corrected chi connectivity index (χ1v) is 10.6. The minimum atomic E-state index is -4.24. The lowest BCUT2D eigenvalue weighted by molar-refractivity contribution is -0.305. The van der Waals surface area contributed by atoms with Crippen LogP contribution in [0.3, 0.4) is 0 Å². The molecule has 0 spiro atoms. The number of unbranched alkanes of at least 4 members (excludes halogenated alkanes) is 7. The van der Waals surface area contributed by atoms with Gasteiger partial charge in [0.1, 0.15) is 0 Å². The van der Waals surface area contributed by atoms with Gasteiger partial charge in [-0.3, -0.25) is 0 Å². The van der Waals surface area contributed by atoms with E-state index in [-0.39, 0.29) is 6.42 Å². The lowest BCUT2D eigenvalue weighted by atomic mass is 10.1. The summed E-state index contributed by atoms with van der Waals surface area (Å²) in [5.41, 5.74) is 0. The van der Waals surface area contributed by atoms with Crippen molar-refractivity contribution in [1.82, 2.24) is 0 Å². The molecule has 0 aliphatic heterocycles. The molecule has 0 saturated heterocycles. The molecule has 0 N–H and O–H groups in total. The first kappa shape index (κ1) is 23.1. The molecule has 0 saturated carbocycles. The molecule has 0 aromatic heterocycles. The molecule has 0 aliphatic rings. The molecule has 24 heavy (non-hydrogen) atoms. The number of carbonyl (C=O) groups is 1. The monoisotopic (exact) mass is 360 g/mol. The topological polar surface area (TPSA) is 97.3 Å². The highest BCUT2D eigenvalue weighted by Gasteiger charge is 2.14. The Labute approximate surface area is 147 Å². The average Bonchev–Trinajstić information content (AvgIpc) is 2.49. The minimum Gasteiger partial charge on any atom is -0.748 e. The number of carbonyl (C=O) groups excluding carboxylic acids is 1. The fraction of sp³-hybridized carbons (Fsp3) is 0.833. The van der Waals surface area contributed by atoms with Gasteiger partial charge in [0.2, 0.25) is 0 Å². The van der Waals surface area contributed by atoms with E-state index in [9.17, 15) is 22.9 Å². The Morgan fingerprint density at radius 3 is 2.17 bits per heavy atom. The van der Waals surface area contributed by atoms with Crippen LogP contribution in [0.4, 0.5) is 0 Å². The Kier molecular flexibility index (Phi) is 13.9. The third-order valence-electron chi connectivity index (χ3n) is 4.11. The highest BCUT2D eigenvalue weighted by atomic mass is 32.2. The van der Waals surface area contributed by atoms with Gasteiger partial charge in [-0.05, 0) is 44.9 Å². The van der Waals surface area contributed by atoms with E-state index in [1.807, 2.05) is 6.08 Å². The molecule has 0 aromatic rings. The summed E-state index contributed by atoms with van der Waals surface area (Å²) in [7, 11) is -4.24. The number of hydrogen-bond acceptors (Lipinski definition) is 5. The summed E-state index contributed by atoms with van der Waals surface area (Å²) in [5.74, 6) is -1.03. The standard InChI is InChI=1S/C18H34O5S/c1-2-3-4-5-6-8-11-14-17(24(21,22)23)15-12-9-7-10-13-16-18(19)20/h6,8,17H,2-5,7,9-16H2,1H3,(H,19,20)(H,21,22,23)/p-2/b8-6+. The lowest BCUT2D eigenvalue weighted by Gasteiger charge is -2.20. The molecular weight excluding hydrogens is 328 g/mol. The molecule has 0 rings (SSSR count). The third-order valence-corrected chi connectivity index (χ3v) is 5.40. The van der Waals surface area contributed by atoms with E-state index in [1.165, 1.54) is 12.8 Å². The van der Waals surface area contributed by atoms with E-state index in [0.717, 1.165) is 32.1 Å². The van der Waals surface area contributed by atoms with Gasteiger partial charge in [-0.25, -0.2) is 8.42 Å². The van der Waals surface area contributed by atoms with Gasteiger partial charge in [0.15, 0.2) is 0 Å². The smallest absolute Gasteiger partial charge is 0.0975 e. The molecular formula is C18H32O5S-2. The van der Waals surface area contributed by atoms with Crippen molar-refractivity contribution in [2.75, 3.05) is 0 Å². The molecule has 0 aliphatic carbocycles. The van der Waals surface area contributed by atoms with E-state index in [0.29, 0.717) is 32.1 Å². The Bertz CT molecular complexity index is 442. The van der Waals surface area contributed by atoms with Crippen LogP contribution >= 0.6 is 0 Å². The SMILES string of the molecule is CCCCC/C=C/CCC(CCCCCCCC(=O)[O-])S(=O)(=O)[O-]. The van der Waals surface area contributed by atoms with E-state index in [1.54, 1.807) is 0 Å². The maximum Gasteiger partial charge on any atom is 0.0975 e. The zero-order valence-electron chi connectivity index (χ0n) is 14.9. The number of carboxylic acid groups (broad SMARTS) is 1. The lowest BCUT2D eigenvalue weighted by Crippen LogP contribution is -2.21. The second kappa shape index (κ2) is 14.5. The Balaban J connectivity index is 3.89. The second-order valence-corrected chi connectivity index (χ2v) is 7.99. The molecule has 0 bridgehead atoms. The number of aliphatic carboxylic acids is 1. The number of allylic oxidation sites excluding steroid dienone is 2. The summed E-state index contributed by atoms with van der Waals surface area (Å²) >= 11 is 0. The van der Waals surface area contributed by atoms with Crippen LogP contribution in [-0.2, 0) is 14.9 Å². The predicted octanol–water partition coefficient (Wildman–Crippen LogP) is 3.30. The van der Waals surface area contributed by atoms with Crippen molar-refractivity contribution in [3.8, 4) is 0 Å². The predicted molar refractivity (Wildman–Crippen MR) is 93.3 cm³/mol. The molecule has 0 heterocycles. The van der Waals surface area contributed by atoms with Crippen LogP contribution in [0.25, 0.3) is 0 Å². The van der Waals surface area contributed by atoms with Gasteiger partial charge < -0.3 is 14.5 Å². The minimum absolute atomic E-state index is 0.0716. The fourth-order valence-corrected chi connectivity index (χ4v) is 3.51. The first-order valence-electron chi connectivity index (χ1n) is 9.17. The van der Waals surface area contributed by atoms with Crippen molar-refractivity contribution < 1.29 is 22.9 Å². The van der Waals surface area contributed by atoms with Crippen molar-refractivity contribution >= 4 is 16.1 Å². The van der Waals surface area contributed by atoms with Gasteiger partial charge in [0.05, 0.1) is 10.1 Å². The van der Waals surface area contributed by atoms with Gasteiger partial charge in [-0.15, -0.1) is 0 Å². The Morgan fingerprint density at radius 2 is 1.54 bits per heavy atom. The largest absolute Gasteiger partial charge is 0.748 e. The number of hydrogen-bond donors (Lipinski definition) is 0. The first-order chi connectivity index (χ1) is 11.4.